The Morgan fingerprint density at radius 2 is 1.00 bits per heavy atom. The maximum absolute atomic E-state index is 2.61. The van der Waals surface area contributed by atoms with E-state index >= 15 is 0 Å². The fourth-order valence-electron chi connectivity index (χ4n) is 8.48. The van der Waals surface area contributed by atoms with Crippen LogP contribution in [-0.4, -0.2) is 6.71 Å². The molecule has 2 aliphatic rings. The molecule has 0 bridgehead atoms. The summed E-state index contributed by atoms with van der Waals surface area (Å²) in [6, 6.07) is 52.5. The minimum Gasteiger partial charge on any atom is -0.310 e. The molecule has 10 rings (SSSR count). The molecule has 0 amide bonds. The Hall–Kier alpha value is -5.10. The molecule has 0 atom stereocenters. The lowest BCUT2D eigenvalue weighted by Crippen LogP contribution is -2.59. The fraction of sp³-hybridized carbons (Fsp3) is 0.167. The third-order valence-corrected chi connectivity index (χ3v) is 13.6. The van der Waals surface area contributed by atoms with Gasteiger partial charge in [0.05, 0.1) is 17.1 Å². The zero-order valence-electron chi connectivity index (χ0n) is 31.1. The molecule has 2 nitrogen and oxygen atoms in total. The van der Waals surface area contributed by atoms with Crippen molar-refractivity contribution in [1.82, 2.24) is 0 Å². The van der Waals surface area contributed by atoms with Gasteiger partial charge < -0.3 is 9.80 Å². The van der Waals surface area contributed by atoms with E-state index in [1.54, 1.807) is 0 Å². The summed E-state index contributed by atoms with van der Waals surface area (Å²) in [6.45, 7) is 13.9. The van der Waals surface area contributed by atoms with E-state index in [0.717, 1.165) is 0 Å². The second-order valence-electron chi connectivity index (χ2n) is 16.6. The number of thiophene rings is 2. The number of nitrogens with zero attached hydrogens (tertiary/aromatic N) is 2. The molecule has 2 aliphatic heterocycles. The van der Waals surface area contributed by atoms with Gasteiger partial charge in [-0.25, -0.2) is 0 Å². The van der Waals surface area contributed by atoms with Crippen LogP contribution in [0.1, 0.15) is 52.7 Å². The molecule has 0 unspecified atom stereocenters. The van der Waals surface area contributed by atoms with E-state index in [-0.39, 0.29) is 17.5 Å². The van der Waals surface area contributed by atoms with E-state index in [2.05, 4.69) is 191 Å². The molecule has 0 radical (unpaired) electrons. The lowest BCUT2D eigenvalue weighted by Gasteiger charge is -2.42. The predicted octanol–water partition coefficient (Wildman–Crippen LogP) is 12.5. The Labute approximate surface area is 321 Å². The van der Waals surface area contributed by atoms with E-state index in [9.17, 15) is 0 Å². The molecule has 53 heavy (non-hydrogen) atoms. The van der Waals surface area contributed by atoms with Gasteiger partial charge in [-0.1, -0.05) is 133 Å². The number of benzene rings is 6. The highest BCUT2D eigenvalue weighted by molar-refractivity contribution is 7.40. The summed E-state index contributed by atoms with van der Waals surface area (Å²) in [6.07, 6.45) is 0. The van der Waals surface area contributed by atoms with Crippen molar-refractivity contribution < 1.29 is 0 Å². The SMILES string of the molecule is CC(C)(C)c1ccc(N2c3cccc4c3B(c3sc5ccccc5c32)c2sc3ccccc3c2N4c2ccc(C(C)(C)C)cc2-c2ccccc2)cc1. The Kier molecular flexibility index (Phi) is 7.19. The Morgan fingerprint density at radius 1 is 0.472 bits per heavy atom. The van der Waals surface area contributed by atoms with Crippen LogP contribution in [0.5, 0.6) is 0 Å². The third-order valence-electron chi connectivity index (χ3n) is 11.2. The largest absolute Gasteiger partial charge is 0.310 e. The normalized spacial score (nSPS) is 13.7. The molecule has 4 heterocycles. The summed E-state index contributed by atoms with van der Waals surface area (Å²) in [7, 11) is 0. The lowest BCUT2D eigenvalue weighted by atomic mass is 9.39. The third kappa shape index (κ3) is 4.97. The first-order valence-corrected chi connectivity index (χ1v) is 20.3. The number of hydrogen-bond acceptors (Lipinski definition) is 4. The Bertz CT molecular complexity index is 2710. The second-order valence-corrected chi connectivity index (χ2v) is 18.7. The van der Waals surface area contributed by atoms with Crippen LogP contribution >= 0.6 is 22.7 Å². The van der Waals surface area contributed by atoms with E-state index in [4.69, 9.17) is 0 Å². The van der Waals surface area contributed by atoms with E-state index in [1.807, 2.05) is 22.7 Å². The van der Waals surface area contributed by atoms with Crippen LogP contribution in [0.2, 0.25) is 0 Å². The van der Waals surface area contributed by atoms with Crippen molar-refractivity contribution in [3.8, 4) is 11.1 Å². The summed E-state index contributed by atoms with van der Waals surface area (Å²) < 4.78 is 5.50. The molecule has 0 spiro atoms. The molecular formula is C48H41BN2S2. The van der Waals surface area contributed by atoms with Crippen molar-refractivity contribution in [2.45, 2.75) is 52.4 Å². The summed E-state index contributed by atoms with van der Waals surface area (Å²) in [5, 5.41) is 2.63. The van der Waals surface area contributed by atoms with Crippen molar-refractivity contribution in [1.29, 1.82) is 0 Å². The first-order valence-electron chi connectivity index (χ1n) is 18.6. The smallest absolute Gasteiger partial charge is 0.277 e. The van der Waals surface area contributed by atoms with Crippen LogP contribution < -0.4 is 24.8 Å². The van der Waals surface area contributed by atoms with Crippen LogP contribution in [0.4, 0.5) is 34.1 Å². The molecule has 0 aliphatic carbocycles. The van der Waals surface area contributed by atoms with Gasteiger partial charge in [-0.2, -0.15) is 0 Å². The Morgan fingerprint density at radius 3 is 1.60 bits per heavy atom. The average molecular weight is 721 g/mol. The number of hydrogen-bond donors (Lipinski definition) is 0. The second kappa shape index (κ2) is 11.7. The van der Waals surface area contributed by atoms with E-state index < -0.39 is 0 Å². The molecule has 258 valence electrons. The van der Waals surface area contributed by atoms with Gasteiger partial charge >= 0.3 is 0 Å². The summed E-state index contributed by atoms with van der Waals surface area (Å²) >= 11 is 3.93. The minimum absolute atomic E-state index is 0.0157. The van der Waals surface area contributed by atoms with Gasteiger partial charge in [0.1, 0.15) is 0 Å². The van der Waals surface area contributed by atoms with Crippen molar-refractivity contribution >= 4 is 98.7 Å². The number of rotatable bonds is 3. The highest BCUT2D eigenvalue weighted by Crippen LogP contribution is 2.52. The fourth-order valence-corrected chi connectivity index (χ4v) is 11.2. The molecule has 8 aromatic rings. The maximum atomic E-state index is 2.61. The van der Waals surface area contributed by atoms with Crippen molar-refractivity contribution in [2.75, 3.05) is 9.80 Å². The Balaban J connectivity index is 1.30. The molecule has 5 heteroatoms. The van der Waals surface area contributed by atoms with Crippen molar-refractivity contribution in [2.24, 2.45) is 0 Å². The van der Waals surface area contributed by atoms with Crippen molar-refractivity contribution in [3.63, 3.8) is 0 Å². The standard InChI is InChI=1S/C48H41BN2S2/c1-47(2,3)31-23-26-33(27-24-31)50-38-19-14-20-39-42(38)49(45-43(50)34-17-10-12-21-40(34)52-45)46-44(35-18-11-13-22-41(35)53-46)51(39)37-28-25-32(48(4,5)6)29-36(37)30-15-8-7-9-16-30/h7-29H,1-6H3. The van der Waals surface area contributed by atoms with Crippen molar-refractivity contribution in [3.05, 3.63) is 151 Å². The molecule has 2 aromatic heterocycles. The van der Waals surface area contributed by atoms with Crippen LogP contribution in [0.3, 0.4) is 0 Å². The minimum atomic E-state index is 0.0157. The molecule has 0 fully saturated rings. The van der Waals surface area contributed by atoms with E-state index in [1.165, 1.54) is 91.6 Å². The van der Waals surface area contributed by atoms with Gasteiger partial charge in [-0.3, -0.25) is 0 Å². The first kappa shape index (κ1) is 32.5. The lowest BCUT2D eigenvalue weighted by molar-refractivity contribution is 0.590. The first-order chi connectivity index (χ1) is 25.6. The molecule has 6 aromatic carbocycles. The van der Waals surface area contributed by atoms with Gasteiger partial charge in [-0.15, -0.1) is 22.7 Å². The highest BCUT2D eigenvalue weighted by Gasteiger charge is 2.47. The number of anilines is 6. The van der Waals surface area contributed by atoms with E-state index in [0.29, 0.717) is 0 Å². The maximum Gasteiger partial charge on any atom is 0.277 e. The van der Waals surface area contributed by atoms with Gasteiger partial charge in [0, 0.05) is 52.4 Å². The van der Waals surface area contributed by atoms with Crippen LogP contribution in [0.25, 0.3) is 31.3 Å². The highest BCUT2D eigenvalue weighted by atomic mass is 32.1. The monoisotopic (exact) mass is 720 g/mol. The molecular weight excluding hydrogens is 679 g/mol. The van der Waals surface area contributed by atoms with Gasteiger partial charge in [0.15, 0.2) is 0 Å². The van der Waals surface area contributed by atoms with Gasteiger partial charge in [0.25, 0.3) is 6.71 Å². The summed E-state index contributed by atoms with van der Waals surface area (Å²) in [5.74, 6) is 0. The molecule has 0 N–H and O–H groups in total. The zero-order chi connectivity index (χ0) is 36.2. The average Bonchev–Trinajstić information content (AvgIpc) is 3.74. The van der Waals surface area contributed by atoms with Gasteiger partial charge in [-0.05, 0) is 81.5 Å². The van der Waals surface area contributed by atoms with Crippen LogP contribution in [-0.2, 0) is 10.8 Å². The quantitative estimate of drug-likeness (QED) is 0.168. The zero-order valence-corrected chi connectivity index (χ0v) is 32.7. The topological polar surface area (TPSA) is 6.48 Å². The number of fused-ring (bicyclic) bond motifs is 8. The van der Waals surface area contributed by atoms with Crippen LogP contribution in [0.15, 0.2) is 140 Å². The predicted molar refractivity (Wildman–Crippen MR) is 234 cm³/mol. The molecule has 0 saturated carbocycles. The van der Waals surface area contributed by atoms with Gasteiger partial charge in [0.2, 0.25) is 0 Å². The molecule has 0 saturated heterocycles. The van der Waals surface area contributed by atoms with Crippen LogP contribution in [0, 0.1) is 0 Å². The summed E-state index contributed by atoms with van der Waals surface area (Å²) in [4.78, 5) is 5.17. The summed E-state index contributed by atoms with van der Waals surface area (Å²) in [5.41, 5.74) is 14.2.